The van der Waals surface area contributed by atoms with Crippen LogP contribution in [-0.4, -0.2) is 41.1 Å². The summed E-state index contributed by atoms with van der Waals surface area (Å²) in [6, 6.07) is 33.4. The molecule has 0 aliphatic carbocycles. The zero-order valence-electron chi connectivity index (χ0n) is 28.6. The van der Waals surface area contributed by atoms with Crippen molar-refractivity contribution in [3.8, 4) is 5.75 Å². The fraction of sp³-hybridized carbons (Fsp3) is 0.244. The zero-order valence-corrected chi connectivity index (χ0v) is 28.6. The van der Waals surface area contributed by atoms with Crippen LogP contribution in [0.3, 0.4) is 0 Å². The van der Waals surface area contributed by atoms with Crippen molar-refractivity contribution in [1.29, 1.82) is 0 Å². The second-order valence-corrected chi connectivity index (χ2v) is 12.3. The Hall–Kier alpha value is -5.71. The lowest BCUT2D eigenvalue weighted by Crippen LogP contribution is -2.51. The Kier molecular flexibility index (Phi) is 13.5. The van der Waals surface area contributed by atoms with E-state index < -0.39 is 35.6 Å². The summed E-state index contributed by atoms with van der Waals surface area (Å²) in [5, 5.41) is 13.7. The minimum atomic E-state index is -1.03. The third-order valence-corrected chi connectivity index (χ3v) is 8.90. The molecule has 5 rings (SSSR count). The van der Waals surface area contributed by atoms with Crippen molar-refractivity contribution in [2.24, 2.45) is 11.8 Å². The second-order valence-electron chi connectivity index (χ2n) is 12.3. The van der Waals surface area contributed by atoms with Gasteiger partial charge in [-0.25, -0.2) is 11.0 Å². The largest absolute Gasteiger partial charge is 0.497 e. The van der Waals surface area contributed by atoms with Crippen molar-refractivity contribution in [2.75, 3.05) is 7.11 Å². The van der Waals surface area contributed by atoms with Crippen molar-refractivity contribution in [1.82, 2.24) is 21.3 Å². The van der Waals surface area contributed by atoms with Gasteiger partial charge < -0.3 is 15.0 Å². The summed E-state index contributed by atoms with van der Waals surface area (Å²) in [5.74, 6) is -2.74. The van der Waals surface area contributed by atoms with Crippen LogP contribution in [0.1, 0.15) is 41.5 Å². The highest BCUT2D eigenvalue weighted by molar-refractivity contribution is 5.92. The van der Waals surface area contributed by atoms with E-state index in [2.05, 4.69) is 15.8 Å². The zero-order chi connectivity index (χ0) is 35.8. The molecule has 5 aromatic rings. The number of allylic oxidation sites excluding steroid dienone is 1. The monoisotopic (exact) mass is 688 g/mol. The summed E-state index contributed by atoms with van der Waals surface area (Å²) in [6.45, 7) is 0.140. The van der Waals surface area contributed by atoms with E-state index in [1.165, 1.54) is 0 Å². The first kappa shape index (κ1) is 36.6. The third kappa shape index (κ3) is 10.6. The Bertz CT molecular complexity index is 1880. The number of ether oxygens (including phenoxy) is 1. The molecule has 264 valence electrons. The Labute approximate surface area is 297 Å². The number of nitrogens with one attached hydrogen (secondary N) is 4. The van der Waals surface area contributed by atoms with Crippen LogP contribution >= 0.6 is 0 Å². The van der Waals surface area contributed by atoms with E-state index in [9.17, 15) is 19.6 Å². The first-order valence-corrected chi connectivity index (χ1v) is 17.0. The molecule has 5 N–H and O–H groups in total. The molecule has 0 radical (unpaired) electrons. The molecule has 3 amide bonds. The second kappa shape index (κ2) is 18.9. The number of H-pyrrole nitrogens is 1. The number of carbonyl (C=O) groups is 3. The standard InChI is InChI=1S/C41H44N4O6/c1-50-33-24-22-30(23-25-33)17-11-19-35(36(40(47)44-49)20-10-16-29-12-4-2-5-13-29)39(46)43-38(26-32-27-42-37-21-9-8-18-34(32)37)41(48)45-51-28-31-14-6-3-7-15-31/h2-10,12-16,18,21-25,27,35-36,38,42,49H,11,17,19-20,26,28H2,1H3,(H,43,46)(H,44,47)(H,45,48)/b16-10+/t35-,36+,38+/m1/s1. The molecule has 0 fully saturated rings. The Morgan fingerprint density at radius 3 is 2.24 bits per heavy atom. The molecule has 4 aromatic carbocycles. The summed E-state index contributed by atoms with van der Waals surface area (Å²) in [4.78, 5) is 50.0. The molecular weight excluding hydrogens is 644 g/mol. The summed E-state index contributed by atoms with van der Waals surface area (Å²) >= 11 is 0. The van der Waals surface area contributed by atoms with Gasteiger partial charge in [-0.3, -0.25) is 24.4 Å². The van der Waals surface area contributed by atoms with Crippen LogP contribution in [0.5, 0.6) is 5.75 Å². The molecule has 0 saturated carbocycles. The first-order valence-electron chi connectivity index (χ1n) is 17.0. The Morgan fingerprint density at radius 2 is 1.51 bits per heavy atom. The van der Waals surface area contributed by atoms with Crippen LogP contribution in [0.4, 0.5) is 0 Å². The van der Waals surface area contributed by atoms with E-state index in [-0.39, 0.29) is 19.4 Å². The quantitative estimate of drug-likeness (QED) is 0.0539. The van der Waals surface area contributed by atoms with E-state index in [0.29, 0.717) is 19.3 Å². The lowest BCUT2D eigenvalue weighted by atomic mass is 9.83. The first-order chi connectivity index (χ1) is 24.9. The molecule has 0 bridgehead atoms. The molecule has 0 aliphatic heterocycles. The van der Waals surface area contributed by atoms with Crippen LogP contribution in [0.25, 0.3) is 17.0 Å². The number of fused-ring (bicyclic) bond motifs is 1. The highest BCUT2D eigenvalue weighted by atomic mass is 16.6. The summed E-state index contributed by atoms with van der Waals surface area (Å²) < 4.78 is 5.28. The van der Waals surface area contributed by atoms with Crippen LogP contribution in [0.15, 0.2) is 121 Å². The van der Waals surface area contributed by atoms with E-state index in [1.54, 1.807) is 12.6 Å². The summed E-state index contributed by atoms with van der Waals surface area (Å²) in [5.41, 5.74) is 8.89. The van der Waals surface area contributed by atoms with Gasteiger partial charge in [0, 0.05) is 29.4 Å². The number of amides is 3. The topological polar surface area (TPSA) is 142 Å². The maximum Gasteiger partial charge on any atom is 0.266 e. The Morgan fingerprint density at radius 1 is 0.804 bits per heavy atom. The number of methoxy groups -OCH3 is 1. The predicted octanol–water partition coefficient (Wildman–Crippen LogP) is 6.32. The smallest absolute Gasteiger partial charge is 0.266 e. The number of hydrogen-bond acceptors (Lipinski definition) is 6. The fourth-order valence-corrected chi connectivity index (χ4v) is 6.13. The maximum atomic E-state index is 14.3. The van der Waals surface area contributed by atoms with Gasteiger partial charge in [0.05, 0.1) is 19.6 Å². The van der Waals surface area contributed by atoms with E-state index in [1.807, 2.05) is 128 Å². The average molecular weight is 689 g/mol. The van der Waals surface area contributed by atoms with E-state index >= 15 is 0 Å². The number of hydrogen-bond donors (Lipinski definition) is 5. The van der Waals surface area contributed by atoms with Gasteiger partial charge in [0.25, 0.3) is 5.91 Å². The van der Waals surface area contributed by atoms with Crippen molar-refractivity contribution < 1.29 is 29.2 Å². The lowest BCUT2D eigenvalue weighted by Gasteiger charge is -2.27. The molecular formula is C41H44N4O6. The molecule has 1 heterocycles. The summed E-state index contributed by atoms with van der Waals surface area (Å²) in [6.07, 6.45) is 7.41. The molecule has 0 aliphatic rings. The van der Waals surface area contributed by atoms with E-state index in [0.717, 1.165) is 38.9 Å². The van der Waals surface area contributed by atoms with Crippen molar-refractivity contribution in [3.05, 3.63) is 144 Å². The molecule has 0 unspecified atom stereocenters. The van der Waals surface area contributed by atoms with E-state index in [4.69, 9.17) is 9.57 Å². The van der Waals surface area contributed by atoms with Gasteiger partial charge in [-0.05, 0) is 66.1 Å². The highest BCUT2D eigenvalue weighted by Gasteiger charge is 2.35. The Balaban J connectivity index is 1.38. The van der Waals surface area contributed by atoms with Crippen LogP contribution < -0.4 is 21.0 Å². The minimum Gasteiger partial charge on any atom is -0.497 e. The molecule has 0 spiro atoms. The number of aromatic nitrogens is 1. The number of aryl methyl sites for hydroxylation is 1. The van der Waals surface area contributed by atoms with Gasteiger partial charge in [0.2, 0.25) is 11.8 Å². The number of carbonyl (C=O) groups excluding carboxylic acids is 3. The van der Waals surface area contributed by atoms with Gasteiger partial charge in [0.15, 0.2) is 0 Å². The fourth-order valence-electron chi connectivity index (χ4n) is 6.13. The van der Waals surface area contributed by atoms with Crippen molar-refractivity contribution in [3.63, 3.8) is 0 Å². The van der Waals surface area contributed by atoms with Gasteiger partial charge in [-0.15, -0.1) is 0 Å². The van der Waals surface area contributed by atoms with Crippen LogP contribution in [0, 0.1) is 11.8 Å². The highest BCUT2D eigenvalue weighted by Crippen LogP contribution is 2.26. The molecule has 3 atom stereocenters. The van der Waals surface area contributed by atoms with Gasteiger partial charge >= 0.3 is 0 Å². The van der Waals surface area contributed by atoms with Gasteiger partial charge in [-0.2, -0.15) is 0 Å². The number of hydroxylamine groups is 2. The lowest BCUT2D eigenvalue weighted by molar-refractivity contribution is -0.143. The van der Waals surface area contributed by atoms with Crippen LogP contribution in [0.2, 0.25) is 0 Å². The maximum absolute atomic E-state index is 14.3. The number of para-hydroxylation sites is 1. The van der Waals surface area contributed by atoms with Crippen LogP contribution in [-0.2, 0) is 38.7 Å². The van der Waals surface area contributed by atoms with Crippen molar-refractivity contribution in [2.45, 2.75) is 44.8 Å². The third-order valence-electron chi connectivity index (χ3n) is 8.90. The average Bonchev–Trinajstić information content (AvgIpc) is 3.58. The molecule has 10 nitrogen and oxygen atoms in total. The molecule has 51 heavy (non-hydrogen) atoms. The van der Waals surface area contributed by atoms with Gasteiger partial charge in [-0.1, -0.05) is 103 Å². The molecule has 10 heteroatoms. The summed E-state index contributed by atoms with van der Waals surface area (Å²) in [7, 11) is 1.61. The van der Waals surface area contributed by atoms with Crippen molar-refractivity contribution >= 4 is 34.7 Å². The molecule has 0 saturated heterocycles. The van der Waals surface area contributed by atoms with Gasteiger partial charge in [0.1, 0.15) is 11.8 Å². The minimum absolute atomic E-state index is 0.140. The SMILES string of the molecule is COc1ccc(CCC[C@@H](C(=O)N[C@@H](Cc2c[nH]c3ccccc23)C(=O)NOCc2ccccc2)[C@H](C/C=C/c2ccccc2)C(=O)NO)cc1. The molecule has 1 aromatic heterocycles. The number of benzene rings is 4. The normalized spacial score (nSPS) is 13.0. The number of rotatable bonds is 18. The predicted molar refractivity (Wildman–Crippen MR) is 196 cm³/mol. The number of aromatic amines is 1.